The van der Waals surface area contributed by atoms with E-state index >= 15 is 0 Å². The summed E-state index contributed by atoms with van der Waals surface area (Å²) in [6, 6.07) is 6.34. The van der Waals surface area contributed by atoms with Crippen molar-refractivity contribution in [1.82, 2.24) is 14.9 Å². The first-order valence-electron chi connectivity index (χ1n) is 8.03. The van der Waals surface area contributed by atoms with E-state index in [-0.39, 0.29) is 23.1 Å². The van der Waals surface area contributed by atoms with Crippen LogP contribution in [0.3, 0.4) is 0 Å². The number of hydrogen-bond donors (Lipinski definition) is 1. The zero-order chi connectivity index (χ0) is 20.4. The van der Waals surface area contributed by atoms with Gasteiger partial charge in [0.15, 0.2) is 0 Å². The van der Waals surface area contributed by atoms with Gasteiger partial charge in [-0.3, -0.25) is 0 Å². The van der Waals surface area contributed by atoms with Gasteiger partial charge in [-0.15, -0.1) is 0 Å². The van der Waals surface area contributed by atoms with E-state index in [1.54, 1.807) is 39.8 Å². The number of imidazole rings is 1. The molecule has 144 valence electrons. The molecule has 1 heterocycles. The third kappa shape index (κ3) is 5.44. The van der Waals surface area contributed by atoms with Crippen molar-refractivity contribution in [3.63, 3.8) is 0 Å². The van der Waals surface area contributed by atoms with E-state index in [4.69, 9.17) is 16.3 Å². The van der Waals surface area contributed by atoms with Crippen LogP contribution in [0, 0.1) is 17.1 Å². The maximum absolute atomic E-state index is 14.6. The number of alkyl carbamates (subject to hydrolysis) is 1. The van der Waals surface area contributed by atoms with Crippen LogP contribution in [0.4, 0.5) is 9.18 Å². The van der Waals surface area contributed by atoms with E-state index in [0.717, 1.165) is 0 Å². The average molecular weight is 458 g/mol. The van der Waals surface area contributed by atoms with E-state index in [2.05, 4.69) is 26.2 Å². The fourth-order valence-electron chi connectivity index (χ4n) is 2.58. The molecule has 2 rings (SSSR count). The first-order valence-corrected chi connectivity index (χ1v) is 9.20. The molecule has 0 radical (unpaired) electrons. The molecular formula is C18H19BrClFN4O2. The third-order valence-electron chi connectivity index (χ3n) is 3.63. The number of carbonyl (C=O) groups is 1. The molecule has 0 fully saturated rings. The summed E-state index contributed by atoms with van der Waals surface area (Å²) in [5.74, 6) is -0.464. The van der Waals surface area contributed by atoms with Gasteiger partial charge in [0.1, 0.15) is 22.6 Å². The Morgan fingerprint density at radius 1 is 1.44 bits per heavy atom. The van der Waals surface area contributed by atoms with Crippen molar-refractivity contribution in [2.45, 2.75) is 45.4 Å². The van der Waals surface area contributed by atoms with Gasteiger partial charge < -0.3 is 14.6 Å². The summed E-state index contributed by atoms with van der Waals surface area (Å²) < 4.78 is 22.0. The van der Waals surface area contributed by atoms with Crippen molar-refractivity contribution in [1.29, 1.82) is 5.26 Å². The summed E-state index contributed by atoms with van der Waals surface area (Å²) >= 11 is 9.21. The van der Waals surface area contributed by atoms with Crippen LogP contribution >= 0.6 is 27.5 Å². The summed E-state index contributed by atoms with van der Waals surface area (Å²) in [5, 5.41) is 12.1. The average Bonchev–Trinajstić information content (AvgIpc) is 2.86. The molecule has 2 aromatic rings. The van der Waals surface area contributed by atoms with Crippen molar-refractivity contribution < 1.29 is 13.9 Å². The largest absolute Gasteiger partial charge is 0.444 e. The molecule has 1 aromatic carbocycles. The van der Waals surface area contributed by atoms with Crippen molar-refractivity contribution in [2.24, 2.45) is 0 Å². The van der Waals surface area contributed by atoms with Gasteiger partial charge in [-0.25, -0.2) is 14.2 Å². The van der Waals surface area contributed by atoms with Crippen LogP contribution < -0.4 is 5.32 Å². The summed E-state index contributed by atoms with van der Waals surface area (Å²) in [7, 11) is 0. The fourth-order valence-corrected chi connectivity index (χ4v) is 3.13. The zero-order valence-electron chi connectivity index (χ0n) is 15.3. The Morgan fingerprint density at radius 3 is 2.70 bits per heavy atom. The minimum atomic E-state index is -1.24. The smallest absolute Gasteiger partial charge is 0.408 e. The molecular weight excluding hydrogens is 439 g/mol. The quantitative estimate of drug-likeness (QED) is 0.718. The maximum atomic E-state index is 14.6. The molecule has 0 aliphatic carbocycles. The summed E-state index contributed by atoms with van der Waals surface area (Å²) in [6.07, 6.45) is 0.736. The summed E-state index contributed by atoms with van der Waals surface area (Å²) in [6.45, 7) is 6.84. The third-order valence-corrected chi connectivity index (χ3v) is 4.31. The molecule has 1 aromatic heterocycles. The molecule has 0 spiro atoms. The van der Waals surface area contributed by atoms with Gasteiger partial charge in [0, 0.05) is 16.2 Å². The van der Waals surface area contributed by atoms with Crippen LogP contribution in [-0.2, 0) is 16.8 Å². The number of nitrogens with zero attached hydrogens (tertiary/aromatic N) is 3. The number of hydrogen-bond acceptors (Lipinski definition) is 4. The lowest BCUT2D eigenvalue weighted by atomic mass is 9.91. The molecule has 0 aliphatic heterocycles. The Bertz CT molecular complexity index is 904. The molecule has 0 aliphatic rings. The van der Waals surface area contributed by atoms with Crippen LogP contribution in [0.15, 0.2) is 28.9 Å². The van der Waals surface area contributed by atoms with Crippen LogP contribution in [0.2, 0.25) is 5.15 Å². The van der Waals surface area contributed by atoms with Crippen molar-refractivity contribution in [3.05, 3.63) is 51.2 Å². The minimum absolute atomic E-state index is 0.0161. The predicted molar refractivity (Wildman–Crippen MR) is 103 cm³/mol. The number of nitrogens with one attached hydrogen (secondary N) is 1. The Kier molecular flexibility index (Phi) is 6.17. The number of carbonyl (C=O) groups excluding carboxylic acids is 1. The van der Waals surface area contributed by atoms with Gasteiger partial charge in [-0.2, -0.15) is 5.26 Å². The van der Waals surface area contributed by atoms with E-state index in [1.165, 1.54) is 16.8 Å². The Morgan fingerprint density at radius 2 is 2.11 bits per heavy atom. The van der Waals surface area contributed by atoms with Crippen molar-refractivity contribution >= 4 is 33.6 Å². The monoisotopic (exact) mass is 456 g/mol. The SMILES string of the molecule is CC(C)(C)OC(=O)NC(C)(Cn1cc(Cl)nc1C#N)c1cc(Br)ccc1F. The van der Waals surface area contributed by atoms with Crippen LogP contribution in [0.25, 0.3) is 0 Å². The number of amides is 1. The van der Waals surface area contributed by atoms with Gasteiger partial charge in [0.2, 0.25) is 5.82 Å². The normalized spacial score (nSPS) is 13.6. The van der Waals surface area contributed by atoms with E-state index in [0.29, 0.717) is 4.47 Å². The highest BCUT2D eigenvalue weighted by Crippen LogP contribution is 2.30. The van der Waals surface area contributed by atoms with Crippen molar-refractivity contribution in [2.75, 3.05) is 0 Å². The standard InChI is InChI=1S/C18H19BrClFN4O2/c1-17(2,3)27-16(26)24-18(4,12-7-11(19)5-6-13(12)21)10-25-9-14(20)23-15(25)8-22/h5-7,9H,10H2,1-4H3,(H,24,26). The van der Waals surface area contributed by atoms with E-state index < -0.39 is 23.1 Å². The molecule has 27 heavy (non-hydrogen) atoms. The van der Waals surface area contributed by atoms with Gasteiger partial charge in [-0.1, -0.05) is 27.5 Å². The van der Waals surface area contributed by atoms with Crippen LogP contribution in [-0.4, -0.2) is 21.2 Å². The topological polar surface area (TPSA) is 79.9 Å². The first-order chi connectivity index (χ1) is 12.4. The number of halogens is 3. The lowest BCUT2D eigenvalue weighted by Gasteiger charge is -2.33. The summed E-state index contributed by atoms with van der Waals surface area (Å²) in [5.41, 5.74) is -1.75. The number of aromatic nitrogens is 2. The second kappa shape index (κ2) is 7.87. The second-order valence-corrected chi connectivity index (χ2v) is 8.51. The molecule has 1 unspecified atom stereocenters. The van der Waals surface area contributed by atoms with Gasteiger partial charge in [-0.05, 0) is 45.9 Å². The highest BCUT2D eigenvalue weighted by molar-refractivity contribution is 9.10. The van der Waals surface area contributed by atoms with Gasteiger partial charge in [0.05, 0.1) is 12.1 Å². The van der Waals surface area contributed by atoms with Gasteiger partial charge in [0.25, 0.3) is 0 Å². The highest BCUT2D eigenvalue weighted by Gasteiger charge is 2.35. The minimum Gasteiger partial charge on any atom is -0.444 e. The highest BCUT2D eigenvalue weighted by atomic mass is 79.9. The summed E-state index contributed by atoms with van der Waals surface area (Å²) in [4.78, 5) is 16.3. The maximum Gasteiger partial charge on any atom is 0.408 e. The van der Waals surface area contributed by atoms with Crippen LogP contribution in [0.5, 0.6) is 0 Å². The number of benzene rings is 1. The molecule has 0 saturated carbocycles. The number of nitriles is 1. The first kappa shape index (κ1) is 21.2. The molecule has 1 amide bonds. The number of ether oxygens (including phenoxy) is 1. The Labute approximate surface area is 170 Å². The molecule has 6 nitrogen and oxygen atoms in total. The molecule has 0 saturated heterocycles. The second-order valence-electron chi connectivity index (χ2n) is 7.21. The lowest BCUT2D eigenvalue weighted by molar-refractivity contribution is 0.0448. The molecule has 1 N–H and O–H groups in total. The van der Waals surface area contributed by atoms with Crippen molar-refractivity contribution in [3.8, 4) is 6.07 Å². The Balaban J connectivity index is 2.49. The molecule has 1 atom stereocenters. The number of rotatable bonds is 4. The van der Waals surface area contributed by atoms with E-state index in [9.17, 15) is 14.4 Å². The van der Waals surface area contributed by atoms with Gasteiger partial charge >= 0.3 is 6.09 Å². The van der Waals surface area contributed by atoms with Crippen LogP contribution in [0.1, 0.15) is 39.1 Å². The molecule has 9 heteroatoms. The van der Waals surface area contributed by atoms with E-state index in [1.807, 2.05) is 6.07 Å². The molecule has 0 bridgehead atoms. The predicted octanol–water partition coefficient (Wildman–Crippen LogP) is 4.75. The Hall–Kier alpha value is -2.11. The lowest BCUT2D eigenvalue weighted by Crippen LogP contribution is -2.49. The fraction of sp³-hybridized carbons (Fsp3) is 0.389. The zero-order valence-corrected chi connectivity index (χ0v) is 17.7.